The predicted octanol–water partition coefficient (Wildman–Crippen LogP) is 2.51. The van der Waals surface area contributed by atoms with E-state index in [1.807, 2.05) is 48.5 Å². The molecular formula is C23H22N2O5. The fourth-order valence-corrected chi connectivity index (χ4v) is 3.50. The van der Waals surface area contributed by atoms with Crippen LogP contribution in [0.4, 0.5) is 4.79 Å². The van der Waals surface area contributed by atoms with Crippen molar-refractivity contribution >= 4 is 18.0 Å². The molecule has 1 aliphatic rings. The molecule has 2 atom stereocenters. The lowest BCUT2D eigenvalue weighted by Gasteiger charge is -2.18. The van der Waals surface area contributed by atoms with Gasteiger partial charge in [-0.05, 0) is 29.2 Å². The molecule has 7 heteroatoms. The van der Waals surface area contributed by atoms with Gasteiger partial charge in [0, 0.05) is 12.3 Å². The van der Waals surface area contributed by atoms with Crippen LogP contribution in [0.5, 0.6) is 0 Å². The van der Waals surface area contributed by atoms with Gasteiger partial charge in [-0.15, -0.1) is 12.3 Å². The van der Waals surface area contributed by atoms with Crippen molar-refractivity contribution in [1.29, 1.82) is 0 Å². The minimum Gasteiger partial charge on any atom is -0.480 e. The van der Waals surface area contributed by atoms with Crippen molar-refractivity contribution in [2.24, 2.45) is 0 Å². The van der Waals surface area contributed by atoms with Gasteiger partial charge in [0.05, 0.1) is 0 Å². The first-order valence-electron chi connectivity index (χ1n) is 9.50. The average molecular weight is 406 g/mol. The summed E-state index contributed by atoms with van der Waals surface area (Å²) in [4.78, 5) is 35.5. The monoisotopic (exact) mass is 406 g/mol. The Balaban J connectivity index is 1.59. The summed E-state index contributed by atoms with van der Waals surface area (Å²) in [6.07, 6.45) is 4.20. The standard InChI is InChI=1S/C23H22N2O5/c1-3-8-20(22(27)28)25-21(26)14(2)24-23(29)30-13-19-17-11-6-4-9-15(17)16-10-5-7-12-18(16)19/h1,4-7,9-12,14,19-20H,8,13H2,2H3,(H,24,29)(H,25,26)(H,27,28). The number of amides is 2. The molecule has 3 rings (SSSR count). The largest absolute Gasteiger partial charge is 0.480 e. The molecule has 30 heavy (non-hydrogen) atoms. The Morgan fingerprint density at radius 1 is 1.07 bits per heavy atom. The number of hydrogen-bond acceptors (Lipinski definition) is 4. The Morgan fingerprint density at radius 3 is 2.17 bits per heavy atom. The SMILES string of the molecule is C#CCC(NC(=O)C(C)NC(=O)OCC1c2ccccc2-c2ccccc21)C(=O)O. The third-order valence-electron chi connectivity index (χ3n) is 5.01. The summed E-state index contributed by atoms with van der Waals surface area (Å²) in [6.45, 7) is 1.55. The number of carboxylic acid groups (broad SMARTS) is 1. The lowest BCUT2D eigenvalue weighted by atomic mass is 9.98. The van der Waals surface area contributed by atoms with E-state index in [0.717, 1.165) is 22.3 Å². The van der Waals surface area contributed by atoms with E-state index in [1.165, 1.54) is 6.92 Å². The molecule has 2 aromatic carbocycles. The summed E-state index contributed by atoms with van der Waals surface area (Å²) in [5, 5.41) is 13.8. The van der Waals surface area contributed by atoms with Gasteiger partial charge in [0.2, 0.25) is 5.91 Å². The molecule has 0 saturated heterocycles. The van der Waals surface area contributed by atoms with Crippen LogP contribution in [0.2, 0.25) is 0 Å². The van der Waals surface area contributed by atoms with E-state index in [4.69, 9.17) is 16.3 Å². The van der Waals surface area contributed by atoms with Crippen LogP contribution in [-0.2, 0) is 14.3 Å². The van der Waals surface area contributed by atoms with Crippen molar-refractivity contribution in [3.8, 4) is 23.5 Å². The number of carboxylic acids is 1. The molecule has 154 valence electrons. The smallest absolute Gasteiger partial charge is 0.407 e. The molecule has 0 aliphatic heterocycles. The van der Waals surface area contributed by atoms with E-state index in [-0.39, 0.29) is 18.9 Å². The molecule has 1 aliphatic carbocycles. The highest BCUT2D eigenvalue weighted by molar-refractivity contribution is 5.89. The molecule has 3 N–H and O–H groups in total. The van der Waals surface area contributed by atoms with Crippen molar-refractivity contribution < 1.29 is 24.2 Å². The first kappa shape index (κ1) is 20.9. The molecule has 2 amide bonds. The van der Waals surface area contributed by atoms with Gasteiger partial charge in [-0.3, -0.25) is 4.79 Å². The van der Waals surface area contributed by atoms with Gasteiger partial charge in [0.25, 0.3) is 0 Å². The fourth-order valence-electron chi connectivity index (χ4n) is 3.50. The topological polar surface area (TPSA) is 105 Å². The molecule has 7 nitrogen and oxygen atoms in total. The second-order valence-corrected chi connectivity index (χ2v) is 7.00. The van der Waals surface area contributed by atoms with Crippen LogP contribution in [0.3, 0.4) is 0 Å². The number of terminal acetylenes is 1. The molecule has 0 aromatic heterocycles. The van der Waals surface area contributed by atoms with Gasteiger partial charge in [-0.25, -0.2) is 9.59 Å². The zero-order chi connectivity index (χ0) is 21.7. The Kier molecular flexibility index (Phi) is 6.38. The minimum atomic E-state index is -1.24. The van der Waals surface area contributed by atoms with Gasteiger partial charge < -0.3 is 20.5 Å². The quantitative estimate of drug-likeness (QED) is 0.613. The van der Waals surface area contributed by atoms with Crippen LogP contribution in [-0.4, -0.2) is 41.8 Å². The van der Waals surface area contributed by atoms with E-state index in [1.54, 1.807) is 0 Å². The second kappa shape index (κ2) is 9.14. The highest BCUT2D eigenvalue weighted by Crippen LogP contribution is 2.44. The van der Waals surface area contributed by atoms with Crippen molar-refractivity contribution in [3.05, 3.63) is 59.7 Å². The summed E-state index contributed by atoms with van der Waals surface area (Å²) < 4.78 is 5.38. The van der Waals surface area contributed by atoms with Gasteiger partial charge in [0.1, 0.15) is 18.7 Å². The number of aliphatic carboxylic acids is 1. The number of fused-ring (bicyclic) bond motifs is 3. The highest BCUT2D eigenvalue weighted by Gasteiger charge is 2.29. The Bertz CT molecular complexity index is 965. The average Bonchev–Trinajstić information content (AvgIpc) is 3.05. The molecule has 0 bridgehead atoms. The highest BCUT2D eigenvalue weighted by atomic mass is 16.5. The van der Waals surface area contributed by atoms with E-state index in [2.05, 4.69) is 16.6 Å². The second-order valence-electron chi connectivity index (χ2n) is 7.00. The molecule has 0 heterocycles. The lowest BCUT2D eigenvalue weighted by molar-refractivity contribution is -0.141. The van der Waals surface area contributed by atoms with E-state index >= 15 is 0 Å². The predicted molar refractivity (Wildman–Crippen MR) is 111 cm³/mol. The molecule has 0 radical (unpaired) electrons. The maximum atomic E-state index is 12.2. The van der Waals surface area contributed by atoms with Gasteiger partial charge in [0.15, 0.2) is 0 Å². The molecular weight excluding hydrogens is 384 g/mol. The summed E-state index contributed by atoms with van der Waals surface area (Å²) in [7, 11) is 0. The van der Waals surface area contributed by atoms with Gasteiger partial charge in [-0.1, -0.05) is 48.5 Å². The molecule has 0 spiro atoms. The maximum absolute atomic E-state index is 12.2. The van der Waals surface area contributed by atoms with E-state index in [9.17, 15) is 14.4 Å². The number of carbonyl (C=O) groups is 3. The first-order valence-corrected chi connectivity index (χ1v) is 9.50. The number of benzene rings is 2. The number of carbonyl (C=O) groups excluding carboxylic acids is 2. The molecule has 2 unspecified atom stereocenters. The zero-order valence-corrected chi connectivity index (χ0v) is 16.4. The summed E-state index contributed by atoms with van der Waals surface area (Å²) in [5.41, 5.74) is 4.39. The normalized spacial score (nSPS) is 13.9. The van der Waals surface area contributed by atoms with Gasteiger partial charge in [-0.2, -0.15) is 0 Å². The van der Waals surface area contributed by atoms with Crippen molar-refractivity contribution in [1.82, 2.24) is 10.6 Å². The number of nitrogens with one attached hydrogen (secondary N) is 2. The third-order valence-corrected chi connectivity index (χ3v) is 5.01. The molecule has 0 saturated carbocycles. The van der Waals surface area contributed by atoms with Crippen molar-refractivity contribution in [2.45, 2.75) is 31.3 Å². The van der Waals surface area contributed by atoms with Crippen LogP contribution in [0.15, 0.2) is 48.5 Å². The summed E-state index contributed by atoms with van der Waals surface area (Å²) in [6, 6.07) is 13.7. The lowest BCUT2D eigenvalue weighted by Crippen LogP contribution is -2.50. The number of ether oxygens (including phenoxy) is 1. The van der Waals surface area contributed by atoms with Gasteiger partial charge >= 0.3 is 12.1 Å². The van der Waals surface area contributed by atoms with E-state index in [0.29, 0.717) is 0 Å². The Morgan fingerprint density at radius 2 is 1.63 bits per heavy atom. The summed E-state index contributed by atoms with van der Waals surface area (Å²) >= 11 is 0. The van der Waals surface area contributed by atoms with E-state index < -0.39 is 30.1 Å². The fraction of sp³-hybridized carbons (Fsp3) is 0.261. The summed E-state index contributed by atoms with van der Waals surface area (Å²) in [5.74, 6) is 0.195. The zero-order valence-electron chi connectivity index (χ0n) is 16.4. The van der Waals surface area contributed by atoms with Crippen molar-refractivity contribution in [3.63, 3.8) is 0 Å². The Hall–Kier alpha value is -3.79. The van der Waals surface area contributed by atoms with Crippen LogP contribution >= 0.6 is 0 Å². The van der Waals surface area contributed by atoms with Crippen molar-refractivity contribution in [2.75, 3.05) is 6.61 Å². The van der Waals surface area contributed by atoms with Crippen LogP contribution in [0.25, 0.3) is 11.1 Å². The Labute approximate surface area is 174 Å². The number of alkyl carbamates (subject to hydrolysis) is 1. The number of hydrogen-bond donors (Lipinski definition) is 3. The minimum absolute atomic E-state index is 0.0979. The van der Waals surface area contributed by atoms with Crippen LogP contribution in [0, 0.1) is 12.3 Å². The number of rotatable bonds is 7. The van der Waals surface area contributed by atoms with Crippen LogP contribution in [0.1, 0.15) is 30.4 Å². The third kappa shape index (κ3) is 4.44. The van der Waals surface area contributed by atoms with Crippen LogP contribution < -0.4 is 10.6 Å². The first-order chi connectivity index (χ1) is 14.4. The maximum Gasteiger partial charge on any atom is 0.407 e. The molecule has 0 fully saturated rings. The molecule has 2 aromatic rings.